The van der Waals surface area contributed by atoms with E-state index in [1.165, 1.54) is 6.42 Å². The van der Waals surface area contributed by atoms with Crippen molar-refractivity contribution >= 4 is 17.2 Å². The first-order valence-electron chi connectivity index (χ1n) is 7.58. The molecule has 118 valence electrons. The van der Waals surface area contributed by atoms with E-state index in [1.807, 2.05) is 11.4 Å². The van der Waals surface area contributed by atoms with E-state index in [2.05, 4.69) is 26.0 Å². The van der Waals surface area contributed by atoms with Crippen LogP contribution >= 0.6 is 11.3 Å². The lowest BCUT2D eigenvalue weighted by Gasteiger charge is -2.35. The van der Waals surface area contributed by atoms with Gasteiger partial charge in [-0.05, 0) is 24.3 Å². The summed E-state index contributed by atoms with van der Waals surface area (Å²) in [6.07, 6.45) is 5.63. The van der Waals surface area contributed by atoms with Crippen molar-refractivity contribution in [3.63, 3.8) is 0 Å². The monoisotopic (exact) mass is 321 g/mol. The van der Waals surface area contributed by atoms with Gasteiger partial charge in [0.15, 0.2) is 5.82 Å². The maximum Gasteiger partial charge on any atom is 0.438 e. The number of hydrogen-bond donors (Lipinski definition) is 2. The molecule has 0 spiro atoms. The quantitative estimate of drug-likeness (QED) is 0.881. The Labute approximate surface area is 131 Å². The van der Waals surface area contributed by atoms with Gasteiger partial charge in [-0.15, -0.1) is 11.3 Å². The number of carbonyl (C=O) groups is 1. The van der Waals surface area contributed by atoms with Crippen LogP contribution < -0.4 is 11.1 Å². The minimum atomic E-state index is -0.566. The van der Waals surface area contributed by atoms with Crippen LogP contribution in [0.5, 0.6) is 0 Å². The largest absolute Gasteiger partial charge is 0.438 e. The Hall–Kier alpha value is -1.89. The van der Waals surface area contributed by atoms with Gasteiger partial charge < -0.3 is 5.32 Å². The lowest BCUT2D eigenvalue weighted by molar-refractivity contribution is -0.127. The lowest BCUT2D eigenvalue weighted by Crippen LogP contribution is -2.46. The van der Waals surface area contributed by atoms with Crippen LogP contribution in [0.4, 0.5) is 0 Å². The van der Waals surface area contributed by atoms with Crippen molar-refractivity contribution in [1.82, 2.24) is 15.5 Å². The van der Waals surface area contributed by atoms with Crippen molar-refractivity contribution < 1.29 is 9.32 Å². The van der Waals surface area contributed by atoms with E-state index in [0.29, 0.717) is 18.8 Å². The van der Waals surface area contributed by atoms with Crippen molar-refractivity contribution in [2.75, 3.05) is 6.54 Å². The van der Waals surface area contributed by atoms with E-state index in [9.17, 15) is 9.59 Å². The molecule has 0 aliphatic heterocycles. The number of aromatic nitrogens is 2. The molecule has 0 saturated heterocycles. The first kappa shape index (κ1) is 15.0. The Morgan fingerprint density at radius 3 is 2.86 bits per heavy atom. The molecule has 0 radical (unpaired) electrons. The second kappa shape index (κ2) is 6.48. The van der Waals surface area contributed by atoms with Crippen molar-refractivity contribution in [1.29, 1.82) is 0 Å². The number of aromatic amines is 1. The highest BCUT2D eigenvalue weighted by Gasteiger charge is 2.41. The van der Waals surface area contributed by atoms with Crippen LogP contribution in [0.3, 0.4) is 0 Å². The molecule has 2 aromatic heterocycles. The summed E-state index contributed by atoms with van der Waals surface area (Å²) >= 11 is 1.65. The van der Waals surface area contributed by atoms with Gasteiger partial charge in [0.2, 0.25) is 5.91 Å². The van der Waals surface area contributed by atoms with Gasteiger partial charge in [-0.2, -0.15) is 0 Å². The number of rotatable bonds is 5. The average Bonchev–Trinajstić information content (AvgIpc) is 3.20. The Bertz CT molecular complexity index is 668. The van der Waals surface area contributed by atoms with Gasteiger partial charge in [0.05, 0.1) is 5.41 Å². The first-order valence-corrected chi connectivity index (χ1v) is 8.46. The van der Waals surface area contributed by atoms with Gasteiger partial charge >= 0.3 is 5.76 Å². The summed E-state index contributed by atoms with van der Waals surface area (Å²) in [4.78, 5) is 27.3. The van der Waals surface area contributed by atoms with Gasteiger partial charge in [-0.3, -0.25) is 14.3 Å². The minimum absolute atomic E-state index is 0.0838. The summed E-state index contributed by atoms with van der Waals surface area (Å²) in [5.41, 5.74) is -0.385. The van der Waals surface area contributed by atoms with Crippen LogP contribution in [0.2, 0.25) is 0 Å². The second-order valence-electron chi connectivity index (χ2n) is 5.67. The van der Waals surface area contributed by atoms with Crippen LogP contribution in [0.15, 0.2) is 26.8 Å². The van der Waals surface area contributed by atoms with Crippen molar-refractivity contribution in [2.24, 2.45) is 0 Å². The number of hydrogen-bond acceptors (Lipinski definition) is 5. The second-order valence-corrected chi connectivity index (χ2v) is 6.62. The van der Waals surface area contributed by atoms with E-state index in [0.717, 1.165) is 30.6 Å². The fourth-order valence-electron chi connectivity index (χ4n) is 3.12. The number of carbonyl (C=O) groups excluding carboxylic acids is 1. The molecule has 2 heterocycles. The smallest absolute Gasteiger partial charge is 0.355 e. The molecule has 3 rings (SSSR count). The van der Waals surface area contributed by atoms with Crippen molar-refractivity contribution in [3.05, 3.63) is 38.8 Å². The molecule has 1 amide bonds. The Kier molecular flexibility index (Phi) is 4.42. The van der Waals surface area contributed by atoms with Crippen molar-refractivity contribution in [2.45, 2.75) is 43.9 Å². The SMILES string of the molecule is O=C(NCCc1noc(=O)[nH]1)C1(c2cccs2)CCCCC1. The predicted molar refractivity (Wildman–Crippen MR) is 82.9 cm³/mol. The molecule has 0 bridgehead atoms. The van der Waals surface area contributed by atoms with Crippen LogP contribution in [0.1, 0.15) is 42.8 Å². The highest BCUT2D eigenvalue weighted by atomic mass is 32.1. The fraction of sp³-hybridized carbons (Fsp3) is 0.533. The standard InChI is InChI=1S/C15H19N3O3S/c19-13(16-9-6-12-17-14(20)21-18-12)15(7-2-1-3-8-15)11-5-4-10-22-11/h4-5,10H,1-3,6-9H2,(H,16,19)(H,17,18,20). The Balaban J connectivity index is 1.66. The molecular formula is C15H19N3O3S. The molecule has 0 aromatic carbocycles. The van der Waals surface area contributed by atoms with Gasteiger partial charge in [0.25, 0.3) is 0 Å². The maximum absolute atomic E-state index is 12.8. The normalized spacial score (nSPS) is 17.3. The summed E-state index contributed by atoms with van der Waals surface area (Å²) < 4.78 is 4.44. The Morgan fingerprint density at radius 1 is 1.41 bits per heavy atom. The lowest BCUT2D eigenvalue weighted by atomic mass is 9.72. The van der Waals surface area contributed by atoms with E-state index in [1.54, 1.807) is 11.3 Å². The molecule has 0 atom stereocenters. The summed E-state index contributed by atoms with van der Waals surface area (Å²) in [7, 11) is 0. The highest BCUT2D eigenvalue weighted by Crippen LogP contribution is 2.41. The number of nitrogens with zero attached hydrogens (tertiary/aromatic N) is 1. The van der Waals surface area contributed by atoms with Crippen LogP contribution in [-0.2, 0) is 16.6 Å². The molecule has 22 heavy (non-hydrogen) atoms. The van der Waals surface area contributed by atoms with Gasteiger partial charge in [-0.25, -0.2) is 4.79 Å². The molecule has 1 fully saturated rings. The van der Waals surface area contributed by atoms with E-state index < -0.39 is 5.76 Å². The number of H-pyrrole nitrogens is 1. The number of thiophene rings is 1. The number of nitrogens with one attached hydrogen (secondary N) is 2. The summed E-state index contributed by atoms with van der Waals surface area (Å²) in [6, 6.07) is 4.06. The predicted octanol–water partition coefficient (Wildman–Crippen LogP) is 1.99. The number of amides is 1. The van der Waals surface area contributed by atoms with E-state index >= 15 is 0 Å². The van der Waals surface area contributed by atoms with Gasteiger partial charge in [0.1, 0.15) is 0 Å². The summed E-state index contributed by atoms with van der Waals surface area (Å²) in [6.45, 7) is 0.439. The highest BCUT2D eigenvalue weighted by molar-refractivity contribution is 7.10. The third kappa shape index (κ3) is 2.99. The topological polar surface area (TPSA) is 88.0 Å². The average molecular weight is 321 g/mol. The van der Waals surface area contributed by atoms with Gasteiger partial charge in [-0.1, -0.05) is 30.5 Å². The fourth-order valence-corrected chi connectivity index (χ4v) is 4.11. The molecule has 2 N–H and O–H groups in total. The van der Waals surface area contributed by atoms with Crippen molar-refractivity contribution in [3.8, 4) is 0 Å². The molecule has 7 heteroatoms. The van der Waals surface area contributed by atoms with Crippen LogP contribution in [0.25, 0.3) is 0 Å². The molecule has 2 aromatic rings. The van der Waals surface area contributed by atoms with E-state index in [-0.39, 0.29) is 11.3 Å². The van der Waals surface area contributed by atoms with Crippen LogP contribution in [0, 0.1) is 0 Å². The molecule has 1 saturated carbocycles. The molecule has 1 aliphatic carbocycles. The zero-order chi connectivity index (χ0) is 15.4. The van der Waals surface area contributed by atoms with E-state index in [4.69, 9.17) is 0 Å². The third-order valence-corrected chi connectivity index (χ3v) is 5.34. The Morgan fingerprint density at radius 2 is 2.23 bits per heavy atom. The van der Waals surface area contributed by atoms with Gasteiger partial charge in [0, 0.05) is 17.8 Å². The summed E-state index contributed by atoms with van der Waals surface area (Å²) in [5.74, 6) is -0.0247. The third-order valence-electron chi connectivity index (χ3n) is 4.27. The minimum Gasteiger partial charge on any atom is -0.355 e. The molecule has 0 unspecified atom stereocenters. The van der Waals surface area contributed by atoms with Crippen LogP contribution in [-0.4, -0.2) is 22.6 Å². The molecular weight excluding hydrogens is 302 g/mol. The first-order chi connectivity index (χ1) is 10.7. The zero-order valence-electron chi connectivity index (χ0n) is 12.3. The maximum atomic E-state index is 12.8. The molecule has 6 nitrogen and oxygen atoms in total. The summed E-state index contributed by atoms with van der Waals surface area (Å²) in [5, 5.41) is 8.63. The zero-order valence-corrected chi connectivity index (χ0v) is 13.1. The molecule has 1 aliphatic rings.